The molecule has 0 saturated carbocycles. The van der Waals surface area contributed by atoms with E-state index >= 15 is 0 Å². The Bertz CT molecular complexity index is 496. The first-order valence-corrected chi connectivity index (χ1v) is 7.12. The van der Waals surface area contributed by atoms with Crippen molar-refractivity contribution in [2.75, 3.05) is 13.2 Å². The Balaban J connectivity index is 3.37. The first-order chi connectivity index (χ1) is 9.51. The van der Waals surface area contributed by atoms with E-state index in [9.17, 15) is 0 Å². The van der Waals surface area contributed by atoms with Crippen LogP contribution in [0, 0.1) is 5.92 Å². The second-order valence-electron chi connectivity index (χ2n) is 5.47. The number of hydrogen-bond donors (Lipinski definition) is 0. The fraction of sp³-hybridized carbons (Fsp3) is 0.368. The molecule has 1 rings (SSSR count). The van der Waals surface area contributed by atoms with Gasteiger partial charge in [-0.05, 0) is 42.1 Å². The molecule has 108 valence electrons. The molecule has 0 N–H and O–H groups in total. The molecule has 1 aliphatic heterocycles. The number of rotatable bonds is 5. The van der Waals surface area contributed by atoms with Gasteiger partial charge in [-0.15, -0.1) is 0 Å². The molecule has 1 heteroatoms. The largest absolute Gasteiger partial charge is 0.372 e. The van der Waals surface area contributed by atoms with Crippen molar-refractivity contribution >= 4 is 0 Å². The molecule has 0 radical (unpaired) electrons. The second-order valence-corrected chi connectivity index (χ2v) is 5.47. The van der Waals surface area contributed by atoms with Gasteiger partial charge in [0.1, 0.15) is 0 Å². The number of ether oxygens (including phenoxy) is 1. The van der Waals surface area contributed by atoms with Gasteiger partial charge < -0.3 is 4.74 Å². The Morgan fingerprint density at radius 1 is 1.20 bits per heavy atom. The highest BCUT2D eigenvalue weighted by molar-refractivity contribution is 5.55. The van der Waals surface area contributed by atoms with Crippen molar-refractivity contribution in [2.45, 2.75) is 27.7 Å². The van der Waals surface area contributed by atoms with Crippen molar-refractivity contribution in [3.63, 3.8) is 0 Å². The molecule has 0 aromatic heterocycles. The Hall–Kier alpha value is -1.60. The molecule has 0 bridgehead atoms. The highest BCUT2D eigenvalue weighted by Gasteiger charge is 2.14. The summed E-state index contributed by atoms with van der Waals surface area (Å²) < 4.78 is 5.77. The van der Waals surface area contributed by atoms with E-state index < -0.39 is 0 Å². The zero-order valence-electron chi connectivity index (χ0n) is 13.2. The molecular formula is C19H26O. The Kier molecular flexibility index (Phi) is 6.47. The van der Waals surface area contributed by atoms with E-state index in [0.717, 1.165) is 5.57 Å². The molecule has 0 aliphatic carbocycles. The average Bonchev–Trinajstić information content (AvgIpc) is 2.55. The molecule has 0 fully saturated rings. The molecule has 1 nitrogen and oxygen atoms in total. The van der Waals surface area contributed by atoms with Crippen LogP contribution < -0.4 is 0 Å². The van der Waals surface area contributed by atoms with Crippen LogP contribution in [-0.4, -0.2) is 13.2 Å². The molecule has 0 aromatic rings. The Morgan fingerprint density at radius 3 is 2.45 bits per heavy atom. The lowest BCUT2D eigenvalue weighted by Crippen LogP contribution is -1.99. The number of hydrogen-bond acceptors (Lipinski definition) is 1. The lowest BCUT2D eigenvalue weighted by Gasteiger charge is -2.11. The van der Waals surface area contributed by atoms with Gasteiger partial charge in [-0.1, -0.05) is 63.0 Å². The zero-order valence-corrected chi connectivity index (χ0v) is 13.2. The van der Waals surface area contributed by atoms with E-state index in [4.69, 9.17) is 4.74 Å². The van der Waals surface area contributed by atoms with Gasteiger partial charge >= 0.3 is 0 Å². The maximum Gasteiger partial charge on any atom is 0.0727 e. The van der Waals surface area contributed by atoms with Crippen LogP contribution in [0.4, 0.5) is 0 Å². The van der Waals surface area contributed by atoms with E-state index in [1.807, 2.05) is 12.2 Å². The summed E-state index contributed by atoms with van der Waals surface area (Å²) in [7, 11) is 0. The Morgan fingerprint density at radius 2 is 1.90 bits per heavy atom. The minimum Gasteiger partial charge on any atom is -0.372 e. The maximum atomic E-state index is 5.77. The van der Waals surface area contributed by atoms with Crippen molar-refractivity contribution in [1.29, 1.82) is 0 Å². The van der Waals surface area contributed by atoms with Crippen LogP contribution in [-0.2, 0) is 4.74 Å². The summed E-state index contributed by atoms with van der Waals surface area (Å²) in [6.07, 6.45) is 10.0. The van der Waals surface area contributed by atoms with Crippen molar-refractivity contribution < 1.29 is 4.74 Å². The summed E-state index contributed by atoms with van der Waals surface area (Å²) in [6, 6.07) is 0. The van der Waals surface area contributed by atoms with Crippen LogP contribution in [0.2, 0.25) is 0 Å². The molecule has 1 aliphatic rings. The SMILES string of the molecule is C=C/C=C\C1=C(C)COCC(/C=C(\C)C(C)C)=C1C=C. The van der Waals surface area contributed by atoms with Crippen molar-refractivity contribution in [1.82, 2.24) is 0 Å². The van der Waals surface area contributed by atoms with Crippen LogP contribution in [0.15, 0.2) is 71.4 Å². The minimum absolute atomic E-state index is 0.536. The first kappa shape index (κ1) is 16.5. The topological polar surface area (TPSA) is 9.23 Å². The maximum absolute atomic E-state index is 5.77. The lowest BCUT2D eigenvalue weighted by atomic mass is 9.94. The standard InChI is InChI=1S/C19H26O/c1-7-9-10-19-16(6)12-20-13-17(18(19)8-2)11-15(5)14(3)4/h7-11,14H,1-2,12-13H2,3-6H3/b10-9-,15-11+. The monoisotopic (exact) mass is 270 g/mol. The molecule has 20 heavy (non-hydrogen) atoms. The summed E-state index contributed by atoms with van der Waals surface area (Å²) >= 11 is 0. The second kappa shape index (κ2) is 7.86. The minimum atomic E-state index is 0.536. The van der Waals surface area contributed by atoms with Gasteiger partial charge in [-0.2, -0.15) is 0 Å². The fourth-order valence-electron chi connectivity index (χ4n) is 2.07. The van der Waals surface area contributed by atoms with Gasteiger partial charge in [0.15, 0.2) is 0 Å². The lowest BCUT2D eigenvalue weighted by molar-refractivity contribution is 0.183. The summed E-state index contributed by atoms with van der Waals surface area (Å²) in [5.41, 5.74) is 6.14. The van der Waals surface area contributed by atoms with Crippen molar-refractivity contribution in [3.05, 3.63) is 71.4 Å². The quantitative estimate of drug-likeness (QED) is 0.627. The van der Waals surface area contributed by atoms with E-state index in [2.05, 4.69) is 53.0 Å². The van der Waals surface area contributed by atoms with Crippen LogP contribution in [0.5, 0.6) is 0 Å². The molecule has 1 heterocycles. The van der Waals surface area contributed by atoms with E-state index in [1.54, 1.807) is 6.08 Å². The van der Waals surface area contributed by atoms with Gasteiger partial charge in [0.25, 0.3) is 0 Å². The highest BCUT2D eigenvalue weighted by atomic mass is 16.5. The molecule has 0 amide bonds. The molecule has 0 atom stereocenters. The van der Waals surface area contributed by atoms with Crippen LogP contribution in [0.25, 0.3) is 0 Å². The average molecular weight is 270 g/mol. The molecule has 0 unspecified atom stereocenters. The molecule has 0 aromatic carbocycles. The smallest absolute Gasteiger partial charge is 0.0727 e. The van der Waals surface area contributed by atoms with Crippen molar-refractivity contribution in [3.8, 4) is 0 Å². The van der Waals surface area contributed by atoms with E-state index in [1.165, 1.54) is 22.3 Å². The van der Waals surface area contributed by atoms with Crippen LogP contribution in [0.3, 0.4) is 0 Å². The van der Waals surface area contributed by atoms with Crippen molar-refractivity contribution in [2.24, 2.45) is 5.92 Å². The summed E-state index contributed by atoms with van der Waals surface area (Å²) in [6.45, 7) is 17.7. The molecular weight excluding hydrogens is 244 g/mol. The Labute approximate surface area is 123 Å². The third kappa shape index (κ3) is 4.21. The van der Waals surface area contributed by atoms with Gasteiger partial charge in [0, 0.05) is 0 Å². The summed E-state index contributed by atoms with van der Waals surface area (Å²) in [4.78, 5) is 0. The first-order valence-electron chi connectivity index (χ1n) is 7.12. The zero-order chi connectivity index (χ0) is 15.1. The third-order valence-electron chi connectivity index (χ3n) is 3.59. The molecule has 0 spiro atoms. The summed E-state index contributed by atoms with van der Waals surface area (Å²) in [5.74, 6) is 0.536. The van der Waals surface area contributed by atoms with E-state index in [-0.39, 0.29) is 0 Å². The van der Waals surface area contributed by atoms with Crippen LogP contribution >= 0.6 is 0 Å². The van der Waals surface area contributed by atoms with Gasteiger partial charge in [-0.3, -0.25) is 0 Å². The van der Waals surface area contributed by atoms with E-state index in [0.29, 0.717) is 19.1 Å². The van der Waals surface area contributed by atoms with Gasteiger partial charge in [-0.25, -0.2) is 0 Å². The molecule has 0 saturated heterocycles. The van der Waals surface area contributed by atoms with Gasteiger partial charge in [0.2, 0.25) is 0 Å². The highest BCUT2D eigenvalue weighted by Crippen LogP contribution is 2.27. The predicted octanol–water partition coefficient (Wildman–Crippen LogP) is 5.16. The number of allylic oxidation sites excluding steroid dienone is 7. The van der Waals surface area contributed by atoms with Crippen LogP contribution in [0.1, 0.15) is 27.7 Å². The summed E-state index contributed by atoms with van der Waals surface area (Å²) in [5, 5.41) is 0. The normalized spacial score (nSPS) is 17.9. The third-order valence-corrected chi connectivity index (χ3v) is 3.59. The van der Waals surface area contributed by atoms with Gasteiger partial charge in [0.05, 0.1) is 13.2 Å². The fourth-order valence-corrected chi connectivity index (χ4v) is 2.07. The predicted molar refractivity (Wildman–Crippen MR) is 88.7 cm³/mol.